The smallest absolute Gasteiger partial charge is 0.292 e. The van der Waals surface area contributed by atoms with Gasteiger partial charge in [-0.3, -0.25) is 19.8 Å². The lowest BCUT2D eigenvalue weighted by molar-refractivity contribution is -0.383. The van der Waals surface area contributed by atoms with Crippen molar-refractivity contribution in [2.24, 2.45) is 0 Å². The number of rotatable bonds is 4. The summed E-state index contributed by atoms with van der Waals surface area (Å²) in [7, 11) is 0. The summed E-state index contributed by atoms with van der Waals surface area (Å²) in [6.07, 6.45) is 0.236. The van der Waals surface area contributed by atoms with Gasteiger partial charge in [0.25, 0.3) is 5.69 Å². The van der Waals surface area contributed by atoms with E-state index in [9.17, 15) is 20.0 Å². The van der Waals surface area contributed by atoms with E-state index in [1.807, 2.05) is 4.90 Å². The Kier molecular flexibility index (Phi) is 4.31. The summed E-state index contributed by atoms with van der Waals surface area (Å²) < 4.78 is 0. The maximum Gasteiger partial charge on any atom is 0.292 e. The topological polar surface area (TPSA) is 95.7 Å². The first-order chi connectivity index (χ1) is 9.49. The van der Waals surface area contributed by atoms with Crippen molar-refractivity contribution in [3.8, 4) is 0 Å². The van der Waals surface area contributed by atoms with Gasteiger partial charge in [-0.1, -0.05) is 12.1 Å². The third-order valence-corrected chi connectivity index (χ3v) is 3.48. The Morgan fingerprint density at radius 3 is 2.85 bits per heavy atom. The van der Waals surface area contributed by atoms with E-state index in [0.29, 0.717) is 19.5 Å². The highest BCUT2D eigenvalue weighted by atomic mass is 16.6. The molecule has 1 heterocycles. The minimum absolute atomic E-state index is 0.130. The normalized spacial score (nSPS) is 20.6. The summed E-state index contributed by atoms with van der Waals surface area (Å²) in [5, 5.41) is 22.9. The lowest BCUT2D eigenvalue weighted by atomic mass is 10.2. The number of benzene rings is 1. The van der Waals surface area contributed by atoms with Gasteiger partial charge in [-0.2, -0.15) is 0 Å². The number of carbonyl (C=O) groups excluding carboxylic acids is 1. The van der Waals surface area contributed by atoms with Crippen LogP contribution in [0.1, 0.15) is 13.3 Å². The number of aliphatic hydroxyl groups excluding tert-OH is 1. The highest BCUT2D eigenvalue weighted by molar-refractivity contribution is 5.96. The average Bonchev–Trinajstić information content (AvgIpc) is 2.84. The molecule has 0 spiro atoms. The molecular weight excluding hydrogens is 262 g/mol. The highest BCUT2D eigenvalue weighted by Gasteiger charge is 2.29. The summed E-state index contributed by atoms with van der Waals surface area (Å²) in [5.74, 6) is -0.312. The van der Waals surface area contributed by atoms with Crippen molar-refractivity contribution in [3.63, 3.8) is 0 Å². The van der Waals surface area contributed by atoms with Crippen LogP contribution in [0.4, 0.5) is 11.4 Å². The number of anilines is 1. The van der Waals surface area contributed by atoms with Crippen LogP contribution in [0.2, 0.25) is 0 Å². The molecule has 1 aromatic rings. The molecule has 0 aromatic heterocycles. The third-order valence-electron chi connectivity index (χ3n) is 3.48. The lowest BCUT2D eigenvalue weighted by Gasteiger charge is -2.22. The van der Waals surface area contributed by atoms with Gasteiger partial charge in [0.05, 0.1) is 17.1 Å². The van der Waals surface area contributed by atoms with E-state index in [2.05, 4.69) is 5.32 Å². The summed E-state index contributed by atoms with van der Waals surface area (Å²) in [6, 6.07) is 5.59. The fourth-order valence-electron chi connectivity index (χ4n) is 2.26. The molecule has 1 aliphatic rings. The standard InChI is InChI=1S/C13H17N3O4/c1-9(15-7-6-10(17)8-15)13(18)14-11-4-2-3-5-12(11)16(19)20/h2-5,9-10,17H,6-8H2,1H3,(H,14,18)/t9?,10-/m0/s1. The number of para-hydroxylation sites is 2. The largest absolute Gasteiger partial charge is 0.392 e. The molecule has 108 valence electrons. The van der Waals surface area contributed by atoms with Gasteiger partial charge < -0.3 is 10.4 Å². The highest BCUT2D eigenvalue weighted by Crippen LogP contribution is 2.24. The summed E-state index contributed by atoms with van der Waals surface area (Å²) in [5.41, 5.74) is 0.0589. The Morgan fingerprint density at radius 1 is 1.55 bits per heavy atom. The van der Waals surface area contributed by atoms with Gasteiger partial charge in [-0.05, 0) is 19.4 Å². The molecule has 2 N–H and O–H groups in total. The SMILES string of the molecule is CC(C(=O)Nc1ccccc1[N+](=O)[O-])N1CC[C@H](O)C1. The molecule has 1 aliphatic heterocycles. The van der Waals surface area contributed by atoms with Crippen LogP contribution in [-0.4, -0.2) is 46.1 Å². The van der Waals surface area contributed by atoms with Crippen molar-refractivity contribution >= 4 is 17.3 Å². The number of likely N-dealkylation sites (tertiary alicyclic amines) is 1. The van der Waals surface area contributed by atoms with Crippen molar-refractivity contribution in [2.75, 3.05) is 18.4 Å². The molecule has 7 heteroatoms. The van der Waals surface area contributed by atoms with Crippen LogP contribution in [0.25, 0.3) is 0 Å². The Balaban J connectivity index is 2.06. The van der Waals surface area contributed by atoms with Crippen molar-refractivity contribution in [1.82, 2.24) is 4.90 Å². The predicted octanol–water partition coefficient (Wildman–Crippen LogP) is 0.988. The minimum atomic E-state index is -0.528. The molecule has 1 amide bonds. The van der Waals surface area contributed by atoms with Gasteiger partial charge >= 0.3 is 0 Å². The fourth-order valence-corrected chi connectivity index (χ4v) is 2.26. The van der Waals surface area contributed by atoms with E-state index in [1.165, 1.54) is 12.1 Å². The van der Waals surface area contributed by atoms with Crippen LogP contribution in [-0.2, 0) is 4.79 Å². The number of aliphatic hydroxyl groups is 1. The second-order valence-electron chi connectivity index (χ2n) is 4.88. The molecule has 7 nitrogen and oxygen atoms in total. The quantitative estimate of drug-likeness (QED) is 0.633. The van der Waals surface area contributed by atoms with Crippen molar-refractivity contribution < 1.29 is 14.8 Å². The number of hydrogen-bond donors (Lipinski definition) is 2. The number of hydrogen-bond acceptors (Lipinski definition) is 5. The molecular formula is C13H17N3O4. The summed E-state index contributed by atoms with van der Waals surface area (Å²) in [6.45, 7) is 2.82. The Labute approximate surface area is 116 Å². The zero-order valence-electron chi connectivity index (χ0n) is 11.2. The van der Waals surface area contributed by atoms with Gasteiger partial charge in [0.2, 0.25) is 5.91 Å². The second-order valence-corrected chi connectivity index (χ2v) is 4.88. The first kappa shape index (κ1) is 14.4. The maximum atomic E-state index is 12.1. The number of nitro groups is 1. The van der Waals surface area contributed by atoms with Crippen molar-refractivity contribution in [1.29, 1.82) is 0 Å². The van der Waals surface area contributed by atoms with Crippen LogP contribution in [0, 0.1) is 10.1 Å². The molecule has 2 rings (SSSR count). The molecule has 1 fully saturated rings. The van der Waals surface area contributed by atoms with Crippen molar-refractivity contribution in [3.05, 3.63) is 34.4 Å². The van der Waals surface area contributed by atoms with E-state index < -0.39 is 17.1 Å². The number of amides is 1. The van der Waals surface area contributed by atoms with Crippen LogP contribution < -0.4 is 5.32 Å². The molecule has 1 unspecified atom stereocenters. The molecule has 0 radical (unpaired) electrons. The minimum Gasteiger partial charge on any atom is -0.392 e. The van der Waals surface area contributed by atoms with Gasteiger partial charge in [-0.15, -0.1) is 0 Å². The summed E-state index contributed by atoms with van der Waals surface area (Å²) >= 11 is 0. The average molecular weight is 279 g/mol. The number of nitrogens with one attached hydrogen (secondary N) is 1. The molecule has 0 aliphatic carbocycles. The van der Waals surface area contributed by atoms with Gasteiger partial charge in [0.1, 0.15) is 5.69 Å². The van der Waals surface area contributed by atoms with Crippen LogP contribution in [0.3, 0.4) is 0 Å². The number of β-amino-alcohol motifs (C(OH)–C–C–N with tert-alkyl or cyclic N) is 1. The zero-order valence-corrected chi connectivity index (χ0v) is 11.2. The van der Waals surface area contributed by atoms with Crippen molar-refractivity contribution in [2.45, 2.75) is 25.5 Å². The molecule has 1 saturated heterocycles. The van der Waals surface area contributed by atoms with E-state index in [0.717, 1.165) is 0 Å². The molecule has 20 heavy (non-hydrogen) atoms. The zero-order chi connectivity index (χ0) is 14.7. The second kappa shape index (κ2) is 5.98. The maximum absolute atomic E-state index is 12.1. The molecule has 2 atom stereocenters. The molecule has 1 aromatic carbocycles. The Bertz CT molecular complexity index is 520. The Morgan fingerprint density at radius 2 is 2.25 bits per heavy atom. The first-order valence-electron chi connectivity index (χ1n) is 6.45. The van der Waals surface area contributed by atoms with E-state index in [4.69, 9.17) is 0 Å². The number of nitrogens with zero attached hydrogens (tertiary/aromatic N) is 2. The van der Waals surface area contributed by atoms with E-state index >= 15 is 0 Å². The monoisotopic (exact) mass is 279 g/mol. The van der Waals surface area contributed by atoms with Crippen LogP contribution in [0.15, 0.2) is 24.3 Å². The first-order valence-corrected chi connectivity index (χ1v) is 6.45. The number of carbonyl (C=O) groups is 1. The van der Waals surface area contributed by atoms with Crippen LogP contribution in [0.5, 0.6) is 0 Å². The van der Waals surface area contributed by atoms with E-state index in [1.54, 1.807) is 19.1 Å². The summed E-state index contributed by atoms with van der Waals surface area (Å²) in [4.78, 5) is 24.3. The van der Waals surface area contributed by atoms with E-state index in [-0.39, 0.29) is 17.3 Å². The van der Waals surface area contributed by atoms with Crippen LogP contribution >= 0.6 is 0 Å². The van der Waals surface area contributed by atoms with Gasteiger partial charge in [-0.25, -0.2) is 0 Å². The molecule has 0 saturated carbocycles. The van der Waals surface area contributed by atoms with Gasteiger partial charge in [0.15, 0.2) is 0 Å². The lowest BCUT2D eigenvalue weighted by Crippen LogP contribution is -2.41. The van der Waals surface area contributed by atoms with Gasteiger partial charge in [0, 0.05) is 19.2 Å². The predicted molar refractivity (Wildman–Crippen MR) is 73.4 cm³/mol. The Hall–Kier alpha value is -1.99. The fraction of sp³-hybridized carbons (Fsp3) is 0.462. The number of nitro benzene ring substituents is 1. The molecule has 0 bridgehead atoms. The third kappa shape index (κ3) is 3.12.